The lowest BCUT2D eigenvalue weighted by molar-refractivity contribution is 0.560. The zero-order chi connectivity index (χ0) is 15.5. The van der Waals surface area contributed by atoms with Crippen LogP contribution < -0.4 is 10.0 Å². The molecule has 7 heteroatoms. The zero-order valence-electron chi connectivity index (χ0n) is 12.3. The van der Waals surface area contributed by atoms with Gasteiger partial charge in [0.2, 0.25) is 0 Å². The van der Waals surface area contributed by atoms with Crippen molar-refractivity contribution in [2.45, 2.75) is 31.5 Å². The first kappa shape index (κ1) is 15.7. The third kappa shape index (κ3) is 3.49. The minimum Gasteiger partial charge on any atom is -0.316 e. The molecule has 0 aliphatic rings. The number of benzene rings is 1. The molecular formula is C14H20N4O2S. The quantitative estimate of drug-likeness (QED) is 0.754. The summed E-state index contributed by atoms with van der Waals surface area (Å²) in [6.45, 7) is 4.06. The van der Waals surface area contributed by atoms with E-state index in [0.717, 1.165) is 11.3 Å². The molecule has 0 saturated heterocycles. The molecule has 0 saturated carbocycles. The topological polar surface area (TPSA) is 86.9 Å². The molecule has 0 radical (unpaired) electrons. The van der Waals surface area contributed by atoms with Crippen LogP contribution >= 0.6 is 0 Å². The maximum Gasteiger partial charge on any atom is 0.260 e. The van der Waals surface area contributed by atoms with Gasteiger partial charge in [0.25, 0.3) is 10.0 Å². The van der Waals surface area contributed by atoms with Crippen molar-refractivity contribution in [1.82, 2.24) is 20.2 Å². The van der Waals surface area contributed by atoms with Crippen molar-refractivity contribution in [1.29, 1.82) is 0 Å². The Bertz CT molecular complexity index is 695. The van der Waals surface area contributed by atoms with Crippen molar-refractivity contribution in [2.24, 2.45) is 0 Å². The first-order chi connectivity index (χ1) is 9.95. The van der Waals surface area contributed by atoms with Crippen LogP contribution in [0.2, 0.25) is 0 Å². The second kappa shape index (κ2) is 6.38. The molecule has 0 bridgehead atoms. The summed E-state index contributed by atoms with van der Waals surface area (Å²) in [5.41, 5.74) is 2.31. The molecule has 2 rings (SSSR count). The third-order valence-corrected chi connectivity index (χ3v) is 4.79. The molecule has 114 valence electrons. The molecule has 1 unspecified atom stereocenters. The number of H-pyrrole nitrogens is 1. The summed E-state index contributed by atoms with van der Waals surface area (Å²) in [7, 11) is -1.91. The van der Waals surface area contributed by atoms with E-state index >= 15 is 0 Å². The van der Waals surface area contributed by atoms with Gasteiger partial charge in [0.1, 0.15) is 0 Å². The Balaban J connectivity index is 2.27. The average Bonchev–Trinajstić information content (AvgIpc) is 2.82. The fourth-order valence-electron chi connectivity index (χ4n) is 2.14. The van der Waals surface area contributed by atoms with Gasteiger partial charge in [-0.15, -0.1) is 0 Å². The SMILES string of the molecule is CNCc1c(S(=O)(=O)NC(C)c2ccccc2)n[nH]c1C. The van der Waals surface area contributed by atoms with Gasteiger partial charge in [-0.2, -0.15) is 5.10 Å². The Morgan fingerprint density at radius 1 is 1.29 bits per heavy atom. The summed E-state index contributed by atoms with van der Waals surface area (Å²) in [6.07, 6.45) is 0. The Morgan fingerprint density at radius 3 is 2.57 bits per heavy atom. The molecule has 1 aromatic heterocycles. The van der Waals surface area contributed by atoms with Gasteiger partial charge in [0.05, 0.1) is 0 Å². The van der Waals surface area contributed by atoms with E-state index in [2.05, 4.69) is 20.2 Å². The van der Waals surface area contributed by atoms with Gasteiger partial charge in [0, 0.05) is 23.8 Å². The van der Waals surface area contributed by atoms with Gasteiger partial charge < -0.3 is 5.32 Å². The molecule has 0 fully saturated rings. The summed E-state index contributed by atoms with van der Waals surface area (Å²) >= 11 is 0. The summed E-state index contributed by atoms with van der Waals surface area (Å²) in [5, 5.41) is 9.68. The number of nitrogens with one attached hydrogen (secondary N) is 3. The van der Waals surface area contributed by atoms with Gasteiger partial charge in [-0.25, -0.2) is 13.1 Å². The van der Waals surface area contributed by atoms with Crippen LogP contribution in [0.4, 0.5) is 0 Å². The lowest BCUT2D eigenvalue weighted by atomic mass is 10.1. The van der Waals surface area contributed by atoms with Crippen molar-refractivity contribution < 1.29 is 8.42 Å². The standard InChI is InChI=1S/C14H20N4O2S/c1-10(12-7-5-4-6-8-12)18-21(19,20)14-13(9-15-3)11(2)16-17-14/h4-8,10,15,18H,9H2,1-3H3,(H,16,17). The Kier molecular flexibility index (Phi) is 4.76. The number of aromatic nitrogens is 2. The van der Waals surface area contributed by atoms with Gasteiger partial charge in [-0.1, -0.05) is 30.3 Å². The van der Waals surface area contributed by atoms with E-state index in [1.54, 1.807) is 14.0 Å². The highest BCUT2D eigenvalue weighted by Gasteiger charge is 2.25. The Hall–Kier alpha value is -1.70. The van der Waals surface area contributed by atoms with Gasteiger partial charge in [-0.3, -0.25) is 5.10 Å². The first-order valence-electron chi connectivity index (χ1n) is 6.71. The molecule has 1 aromatic carbocycles. The largest absolute Gasteiger partial charge is 0.316 e. The smallest absolute Gasteiger partial charge is 0.260 e. The van der Waals surface area contributed by atoms with Crippen LogP contribution in [0.25, 0.3) is 0 Å². The van der Waals surface area contributed by atoms with Crippen LogP contribution in [-0.2, 0) is 16.6 Å². The number of aryl methyl sites for hydroxylation is 1. The predicted octanol–water partition coefficient (Wildman–Crippen LogP) is 1.48. The van der Waals surface area contributed by atoms with E-state index in [0.29, 0.717) is 12.1 Å². The van der Waals surface area contributed by atoms with E-state index in [1.807, 2.05) is 37.3 Å². The molecule has 0 aliphatic carbocycles. The molecule has 1 atom stereocenters. The molecule has 3 N–H and O–H groups in total. The Morgan fingerprint density at radius 2 is 1.95 bits per heavy atom. The van der Waals surface area contributed by atoms with E-state index < -0.39 is 10.0 Å². The first-order valence-corrected chi connectivity index (χ1v) is 8.19. The average molecular weight is 308 g/mol. The zero-order valence-corrected chi connectivity index (χ0v) is 13.2. The van der Waals surface area contributed by atoms with Crippen molar-refractivity contribution in [2.75, 3.05) is 7.05 Å². The van der Waals surface area contributed by atoms with Gasteiger partial charge >= 0.3 is 0 Å². The lowest BCUT2D eigenvalue weighted by Gasteiger charge is -2.14. The molecule has 0 aliphatic heterocycles. The number of hydrogen-bond donors (Lipinski definition) is 3. The molecular weight excluding hydrogens is 288 g/mol. The van der Waals surface area contributed by atoms with E-state index in [4.69, 9.17) is 0 Å². The number of aromatic amines is 1. The highest BCUT2D eigenvalue weighted by molar-refractivity contribution is 7.89. The number of nitrogens with zero attached hydrogens (tertiary/aromatic N) is 1. The predicted molar refractivity (Wildman–Crippen MR) is 81.3 cm³/mol. The summed E-state index contributed by atoms with van der Waals surface area (Å²) in [4.78, 5) is 0. The van der Waals surface area contributed by atoms with Crippen molar-refractivity contribution in [3.63, 3.8) is 0 Å². The van der Waals surface area contributed by atoms with Crippen LogP contribution in [0.15, 0.2) is 35.4 Å². The van der Waals surface area contributed by atoms with Gasteiger partial charge in [0.15, 0.2) is 5.03 Å². The molecule has 1 heterocycles. The summed E-state index contributed by atoms with van der Waals surface area (Å²) in [5.74, 6) is 0. The van der Waals surface area contributed by atoms with E-state index in [-0.39, 0.29) is 11.1 Å². The van der Waals surface area contributed by atoms with E-state index in [9.17, 15) is 8.42 Å². The van der Waals surface area contributed by atoms with Crippen molar-refractivity contribution in [3.05, 3.63) is 47.2 Å². The third-order valence-electron chi connectivity index (χ3n) is 3.28. The highest BCUT2D eigenvalue weighted by atomic mass is 32.2. The van der Waals surface area contributed by atoms with E-state index in [1.165, 1.54) is 0 Å². The second-order valence-corrected chi connectivity index (χ2v) is 6.55. The van der Waals surface area contributed by atoms with Crippen LogP contribution in [0.3, 0.4) is 0 Å². The van der Waals surface area contributed by atoms with Crippen LogP contribution in [0.5, 0.6) is 0 Å². The number of hydrogen-bond acceptors (Lipinski definition) is 4. The van der Waals surface area contributed by atoms with Gasteiger partial charge in [-0.05, 0) is 26.5 Å². The normalized spacial score (nSPS) is 13.3. The molecule has 0 spiro atoms. The number of rotatable bonds is 6. The molecule has 21 heavy (non-hydrogen) atoms. The fourth-order valence-corrected chi connectivity index (χ4v) is 3.56. The monoisotopic (exact) mass is 308 g/mol. The van der Waals surface area contributed by atoms with Crippen LogP contribution in [0.1, 0.15) is 29.8 Å². The highest BCUT2D eigenvalue weighted by Crippen LogP contribution is 2.19. The minimum absolute atomic E-state index is 0.0529. The fraction of sp³-hybridized carbons (Fsp3) is 0.357. The Labute approximate surface area is 125 Å². The summed E-state index contributed by atoms with van der Waals surface area (Å²) in [6, 6.07) is 9.11. The molecule has 6 nitrogen and oxygen atoms in total. The maximum atomic E-state index is 12.5. The van der Waals surface area contributed by atoms with Crippen LogP contribution in [0, 0.1) is 6.92 Å². The van der Waals surface area contributed by atoms with Crippen molar-refractivity contribution in [3.8, 4) is 0 Å². The maximum absolute atomic E-state index is 12.5. The molecule has 2 aromatic rings. The molecule has 0 amide bonds. The minimum atomic E-state index is -3.67. The van der Waals surface area contributed by atoms with Crippen molar-refractivity contribution >= 4 is 10.0 Å². The lowest BCUT2D eigenvalue weighted by Crippen LogP contribution is -2.28. The summed E-state index contributed by atoms with van der Waals surface area (Å²) < 4.78 is 27.7. The second-order valence-electron chi connectivity index (χ2n) is 4.92. The van der Waals surface area contributed by atoms with Crippen LogP contribution in [-0.4, -0.2) is 25.7 Å². The number of sulfonamides is 1.